The highest BCUT2D eigenvalue weighted by Gasteiger charge is 2.47. The fourth-order valence-electron chi connectivity index (χ4n) is 4.65. The number of likely N-dealkylation sites (tertiary alicyclic amines) is 1. The number of benzene rings is 1. The van der Waals surface area contributed by atoms with Gasteiger partial charge in [-0.15, -0.1) is 0 Å². The zero-order valence-electron chi connectivity index (χ0n) is 15.5. The molecule has 1 aromatic rings. The van der Waals surface area contributed by atoms with Crippen molar-refractivity contribution < 1.29 is 18.9 Å². The second-order valence-electron chi connectivity index (χ2n) is 7.01. The molecule has 5 nitrogen and oxygen atoms in total. The summed E-state index contributed by atoms with van der Waals surface area (Å²) in [4.78, 5) is 2.45. The van der Waals surface area contributed by atoms with Crippen molar-refractivity contribution in [3.8, 4) is 11.5 Å². The molecule has 0 radical (unpaired) electrons. The van der Waals surface area contributed by atoms with Crippen LogP contribution in [0.2, 0.25) is 0 Å². The molecule has 1 saturated heterocycles. The van der Waals surface area contributed by atoms with Crippen molar-refractivity contribution in [2.75, 3.05) is 34.4 Å². The Hall–Kier alpha value is -1.56. The number of nitrogens with zero attached hydrogens (tertiary/aromatic N) is 1. The first-order valence-electron chi connectivity index (χ1n) is 9.10. The van der Waals surface area contributed by atoms with Gasteiger partial charge in [-0.25, -0.2) is 0 Å². The molecule has 5 heteroatoms. The molecule has 1 fully saturated rings. The van der Waals surface area contributed by atoms with E-state index in [2.05, 4.69) is 24.1 Å². The normalized spacial score (nSPS) is 31.0. The maximum absolute atomic E-state index is 6.40. The van der Waals surface area contributed by atoms with E-state index in [0.29, 0.717) is 18.6 Å². The maximum atomic E-state index is 6.40. The van der Waals surface area contributed by atoms with Crippen LogP contribution in [0, 0.1) is 0 Å². The zero-order chi connectivity index (χ0) is 17.6. The van der Waals surface area contributed by atoms with Gasteiger partial charge in [-0.2, -0.15) is 0 Å². The van der Waals surface area contributed by atoms with Gasteiger partial charge < -0.3 is 18.9 Å². The molecule has 3 aliphatic rings. The van der Waals surface area contributed by atoms with Crippen LogP contribution in [0.5, 0.6) is 11.5 Å². The molecular formula is C20H27NO4. The molecule has 0 spiro atoms. The van der Waals surface area contributed by atoms with Gasteiger partial charge in [0, 0.05) is 30.7 Å². The van der Waals surface area contributed by atoms with E-state index in [-0.39, 0.29) is 12.4 Å². The van der Waals surface area contributed by atoms with Crippen molar-refractivity contribution in [3.05, 3.63) is 34.9 Å². The van der Waals surface area contributed by atoms with E-state index < -0.39 is 0 Å². The summed E-state index contributed by atoms with van der Waals surface area (Å²) in [5.74, 6) is 1.80. The molecule has 4 rings (SSSR count). The number of likely N-dealkylation sites (N-methyl/N-ethyl adjacent to an activating group) is 1. The Kier molecular flexibility index (Phi) is 4.48. The summed E-state index contributed by atoms with van der Waals surface area (Å²) in [6, 6.07) is 4.56. The van der Waals surface area contributed by atoms with E-state index in [9.17, 15) is 0 Å². The maximum Gasteiger partial charge on any atom is 0.184 e. The van der Waals surface area contributed by atoms with Crippen molar-refractivity contribution in [3.63, 3.8) is 0 Å². The van der Waals surface area contributed by atoms with E-state index in [4.69, 9.17) is 18.9 Å². The lowest BCUT2D eigenvalue weighted by Crippen LogP contribution is -2.45. The molecule has 25 heavy (non-hydrogen) atoms. The summed E-state index contributed by atoms with van der Waals surface area (Å²) in [6.45, 7) is 3.72. The van der Waals surface area contributed by atoms with Crippen LogP contribution < -0.4 is 9.47 Å². The first-order valence-corrected chi connectivity index (χ1v) is 9.10. The van der Waals surface area contributed by atoms with Crippen LogP contribution in [0.25, 0.3) is 0 Å². The molecule has 2 heterocycles. The summed E-state index contributed by atoms with van der Waals surface area (Å²) in [5, 5.41) is 0. The molecule has 0 aromatic heterocycles. The van der Waals surface area contributed by atoms with E-state index in [1.165, 1.54) is 5.56 Å². The van der Waals surface area contributed by atoms with Crippen LogP contribution in [0.4, 0.5) is 0 Å². The largest absolute Gasteiger partial charge is 0.493 e. The Balaban J connectivity index is 1.85. The van der Waals surface area contributed by atoms with Crippen molar-refractivity contribution in [1.29, 1.82) is 0 Å². The van der Waals surface area contributed by atoms with Crippen molar-refractivity contribution in [2.45, 2.75) is 44.1 Å². The Labute approximate surface area is 149 Å². The summed E-state index contributed by atoms with van der Waals surface area (Å²) in [7, 11) is 5.57. The molecule has 4 atom stereocenters. The molecule has 0 bridgehead atoms. The lowest BCUT2D eigenvalue weighted by atomic mass is 9.74. The highest BCUT2D eigenvalue weighted by atomic mass is 16.7. The predicted molar refractivity (Wildman–Crippen MR) is 95.3 cm³/mol. The highest BCUT2D eigenvalue weighted by molar-refractivity contribution is 5.52. The predicted octanol–water partition coefficient (Wildman–Crippen LogP) is 3.26. The van der Waals surface area contributed by atoms with Gasteiger partial charge in [0.2, 0.25) is 0 Å². The number of methoxy groups -OCH3 is 2. The van der Waals surface area contributed by atoms with Gasteiger partial charge in [0.15, 0.2) is 17.8 Å². The average molecular weight is 345 g/mol. The average Bonchev–Trinajstić information content (AvgIpc) is 3.01. The molecular weight excluding hydrogens is 318 g/mol. The number of rotatable bonds is 4. The molecule has 0 saturated carbocycles. The standard InChI is InChI=1S/C20H27NO4/c1-5-24-20-14-11-17(23-4)16(22-3)10-13(14)18-15(25-20)7-6-12-8-9-21(2)19(12)18/h6,10-11,15,18-20H,5,7-9H2,1-4H3/t15-,18-,19-,20+/m1/s1. The summed E-state index contributed by atoms with van der Waals surface area (Å²) < 4.78 is 23.4. The van der Waals surface area contributed by atoms with Crippen molar-refractivity contribution in [1.82, 2.24) is 4.90 Å². The zero-order valence-corrected chi connectivity index (χ0v) is 15.5. The highest BCUT2D eigenvalue weighted by Crippen LogP contribution is 2.51. The topological polar surface area (TPSA) is 40.2 Å². The monoisotopic (exact) mass is 345 g/mol. The van der Waals surface area contributed by atoms with E-state index in [1.54, 1.807) is 19.8 Å². The quantitative estimate of drug-likeness (QED) is 0.784. The smallest absolute Gasteiger partial charge is 0.184 e. The lowest BCUT2D eigenvalue weighted by Gasteiger charge is -2.45. The number of ether oxygens (including phenoxy) is 4. The van der Waals surface area contributed by atoms with Gasteiger partial charge in [-0.05, 0) is 44.5 Å². The van der Waals surface area contributed by atoms with Gasteiger partial charge in [0.05, 0.1) is 20.3 Å². The van der Waals surface area contributed by atoms with Crippen LogP contribution in [-0.4, -0.2) is 51.5 Å². The van der Waals surface area contributed by atoms with E-state index >= 15 is 0 Å². The number of fused-ring (bicyclic) bond motifs is 5. The molecule has 0 amide bonds. The SMILES string of the molecule is CCO[C@H]1O[C@@H]2CC=C3CCN(C)[C@H]3[C@@H]2c2cc(OC)c(OC)cc21. The molecule has 1 aromatic carbocycles. The second kappa shape index (κ2) is 6.63. The molecule has 2 aliphatic heterocycles. The van der Waals surface area contributed by atoms with Gasteiger partial charge in [-0.1, -0.05) is 11.6 Å². The first-order chi connectivity index (χ1) is 12.2. The summed E-state index contributed by atoms with van der Waals surface area (Å²) >= 11 is 0. The Bertz CT molecular complexity index is 687. The third-order valence-electron chi connectivity index (χ3n) is 5.78. The molecule has 1 aliphatic carbocycles. The Morgan fingerprint density at radius 1 is 1.16 bits per heavy atom. The third kappa shape index (κ3) is 2.65. The van der Waals surface area contributed by atoms with Crippen LogP contribution in [-0.2, 0) is 9.47 Å². The van der Waals surface area contributed by atoms with Crippen LogP contribution in [0.15, 0.2) is 23.8 Å². The van der Waals surface area contributed by atoms with Gasteiger partial charge >= 0.3 is 0 Å². The summed E-state index contributed by atoms with van der Waals surface area (Å²) in [5.41, 5.74) is 3.89. The Morgan fingerprint density at radius 3 is 2.56 bits per heavy atom. The summed E-state index contributed by atoms with van der Waals surface area (Å²) in [6.07, 6.45) is 4.27. The van der Waals surface area contributed by atoms with Crippen LogP contribution in [0.3, 0.4) is 0 Å². The van der Waals surface area contributed by atoms with E-state index in [1.807, 2.05) is 13.0 Å². The molecule has 0 N–H and O–H groups in total. The van der Waals surface area contributed by atoms with Gasteiger partial charge in [0.25, 0.3) is 0 Å². The fraction of sp³-hybridized carbons (Fsp3) is 0.600. The van der Waals surface area contributed by atoms with Gasteiger partial charge in [-0.3, -0.25) is 4.90 Å². The van der Waals surface area contributed by atoms with E-state index in [0.717, 1.165) is 36.4 Å². The lowest BCUT2D eigenvalue weighted by molar-refractivity contribution is -0.191. The minimum absolute atomic E-state index is 0.136. The second-order valence-corrected chi connectivity index (χ2v) is 7.01. The molecule has 136 valence electrons. The van der Waals surface area contributed by atoms with Crippen LogP contribution in [0.1, 0.15) is 43.1 Å². The van der Waals surface area contributed by atoms with Crippen molar-refractivity contribution in [2.24, 2.45) is 0 Å². The van der Waals surface area contributed by atoms with Crippen LogP contribution >= 0.6 is 0 Å². The van der Waals surface area contributed by atoms with Gasteiger partial charge in [0.1, 0.15) is 0 Å². The van der Waals surface area contributed by atoms with Crippen molar-refractivity contribution >= 4 is 0 Å². The number of hydrogen-bond donors (Lipinski definition) is 0. The fourth-order valence-corrected chi connectivity index (χ4v) is 4.65. The molecule has 0 unspecified atom stereocenters. The minimum atomic E-state index is -0.345. The third-order valence-corrected chi connectivity index (χ3v) is 5.78. The minimum Gasteiger partial charge on any atom is -0.493 e. The first kappa shape index (κ1) is 16.9. The Morgan fingerprint density at radius 2 is 1.88 bits per heavy atom. The number of hydrogen-bond acceptors (Lipinski definition) is 5.